The normalized spacial score (nSPS) is 15.1. The number of hydrogen-bond acceptors (Lipinski definition) is 5. The van der Waals surface area contributed by atoms with Crippen LogP contribution >= 0.6 is 11.6 Å². The third kappa shape index (κ3) is 3.82. The molecule has 2 heterocycles. The lowest BCUT2D eigenvalue weighted by molar-refractivity contribution is -0.137. The molecule has 6 nitrogen and oxygen atoms in total. The van der Waals surface area contributed by atoms with E-state index in [0.29, 0.717) is 34.8 Å². The highest BCUT2D eigenvalue weighted by Gasteiger charge is 2.26. The van der Waals surface area contributed by atoms with Crippen LogP contribution in [0.2, 0.25) is 5.02 Å². The molecule has 0 saturated carbocycles. The molecule has 1 aliphatic heterocycles. The second kappa shape index (κ2) is 7.56. The first-order valence-corrected chi connectivity index (χ1v) is 9.21. The van der Waals surface area contributed by atoms with Gasteiger partial charge < -0.3 is 19.0 Å². The minimum absolute atomic E-state index is 0.0519. The van der Waals surface area contributed by atoms with Crippen molar-refractivity contribution in [2.45, 2.75) is 25.9 Å². The predicted octanol–water partition coefficient (Wildman–Crippen LogP) is 4.83. The van der Waals surface area contributed by atoms with Gasteiger partial charge in [0, 0.05) is 28.1 Å². The molecule has 1 aromatic heterocycles. The van der Waals surface area contributed by atoms with Crippen molar-refractivity contribution in [3.63, 3.8) is 0 Å². The van der Waals surface area contributed by atoms with Gasteiger partial charge >= 0.3 is 5.97 Å². The van der Waals surface area contributed by atoms with Gasteiger partial charge in [0.05, 0.1) is 13.0 Å². The van der Waals surface area contributed by atoms with Crippen molar-refractivity contribution in [1.82, 2.24) is 4.98 Å². The highest BCUT2D eigenvalue weighted by Crippen LogP contribution is 2.38. The number of carboxylic acid groups (broad SMARTS) is 1. The maximum absolute atomic E-state index is 10.9. The zero-order valence-corrected chi connectivity index (χ0v) is 15.9. The number of ether oxygens (including phenoxy) is 2. The zero-order chi connectivity index (χ0) is 19.7. The summed E-state index contributed by atoms with van der Waals surface area (Å²) in [6.07, 6.45) is 0.0519. The van der Waals surface area contributed by atoms with Crippen LogP contribution in [0.15, 0.2) is 46.9 Å². The van der Waals surface area contributed by atoms with Gasteiger partial charge in [-0.3, -0.25) is 4.79 Å². The Bertz CT molecular complexity index is 1010. The van der Waals surface area contributed by atoms with E-state index in [1.165, 1.54) is 0 Å². The number of oxazole rings is 1. The lowest BCUT2D eigenvalue weighted by Crippen LogP contribution is -2.07. The highest BCUT2D eigenvalue weighted by atomic mass is 35.5. The van der Waals surface area contributed by atoms with Crippen LogP contribution in [-0.4, -0.2) is 22.7 Å². The first-order valence-electron chi connectivity index (χ1n) is 8.83. The van der Waals surface area contributed by atoms with Crippen LogP contribution in [0.25, 0.3) is 11.3 Å². The topological polar surface area (TPSA) is 81.8 Å². The number of aryl methyl sites for hydroxylation is 1. The molecule has 1 N–H and O–H groups in total. The van der Waals surface area contributed by atoms with E-state index in [-0.39, 0.29) is 18.9 Å². The Kier molecular flexibility index (Phi) is 4.96. The molecule has 1 atom stereocenters. The van der Waals surface area contributed by atoms with E-state index >= 15 is 0 Å². The molecule has 28 heavy (non-hydrogen) atoms. The Morgan fingerprint density at radius 2 is 2.07 bits per heavy atom. The van der Waals surface area contributed by atoms with Crippen molar-refractivity contribution in [3.8, 4) is 22.8 Å². The fourth-order valence-electron chi connectivity index (χ4n) is 3.26. The number of carbonyl (C=O) groups is 1. The highest BCUT2D eigenvalue weighted by molar-refractivity contribution is 6.30. The van der Waals surface area contributed by atoms with Gasteiger partial charge in [0.1, 0.15) is 23.0 Å². The number of nitrogens with zero attached hydrogens (tertiary/aromatic N) is 1. The molecule has 0 aliphatic carbocycles. The van der Waals surface area contributed by atoms with Crippen molar-refractivity contribution in [3.05, 3.63) is 64.7 Å². The molecule has 4 rings (SSSR count). The number of rotatable bonds is 6. The van der Waals surface area contributed by atoms with Crippen molar-refractivity contribution < 1.29 is 23.8 Å². The van der Waals surface area contributed by atoms with Gasteiger partial charge in [-0.05, 0) is 25.1 Å². The number of fused-ring (bicyclic) bond motifs is 1. The molecule has 1 aliphatic rings. The second-order valence-electron chi connectivity index (χ2n) is 6.61. The summed E-state index contributed by atoms with van der Waals surface area (Å²) in [5.74, 6) is 1.48. The molecule has 0 spiro atoms. The number of carboxylic acids is 1. The van der Waals surface area contributed by atoms with Gasteiger partial charge in [-0.15, -0.1) is 0 Å². The number of halogens is 1. The van der Waals surface area contributed by atoms with Crippen LogP contribution in [0.4, 0.5) is 0 Å². The van der Waals surface area contributed by atoms with Gasteiger partial charge in [0.15, 0.2) is 6.61 Å². The van der Waals surface area contributed by atoms with Gasteiger partial charge in [-0.1, -0.05) is 29.8 Å². The number of hydrogen-bond donors (Lipinski definition) is 1. The number of aliphatic carboxylic acids is 1. The first kappa shape index (κ1) is 18.4. The summed E-state index contributed by atoms with van der Waals surface area (Å²) in [5.41, 5.74) is 2.57. The summed E-state index contributed by atoms with van der Waals surface area (Å²) in [5, 5.41) is 9.65. The van der Waals surface area contributed by atoms with E-state index in [2.05, 4.69) is 4.98 Å². The first-order chi connectivity index (χ1) is 13.5. The van der Waals surface area contributed by atoms with E-state index in [1.807, 2.05) is 37.3 Å². The van der Waals surface area contributed by atoms with E-state index in [0.717, 1.165) is 16.8 Å². The minimum Gasteiger partial charge on any atom is -0.492 e. The van der Waals surface area contributed by atoms with Crippen LogP contribution < -0.4 is 9.47 Å². The largest absolute Gasteiger partial charge is 0.492 e. The smallest absolute Gasteiger partial charge is 0.304 e. The summed E-state index contributed by atoms with van der Waals surface area (Å²) in [4.78, 5) is 15.4. The van der Waals surface area contributed by atoms with Gasteiger partial charge in [0.2, 0.25) is 5.89 Å². The predicted molar refractivity (Wildman–Crippen MR) is 103 cm³/mol. The van der Waals surface area contributed by atoms with Crippen molar-refractivity contribution in [2.75, 3.05) is 6.61 Å². The molecule has 0 saturated heterocycles. The van der Waals surface area contributed by atoms with Gasteiger partial charge in [0.25, 0.3) is 0 Å². The Hall–Kier alpha value is -2.99. The van der Waals surface area contributed by atoms with Crippen LogP contribution in [-0.2, 0) is 11.4 Å². The van der Waals surface area contributed by atoms with Crippen LogP contribution in [0.1, 0.15) is 29.6 Å². The molecule has 3 aromatic rings. The van der Waals surface area contributed by atoms with Crippen molar-refractivity contribution in [1.29, 1.82) is 0 Å². The third-order valence-corrected chi connectivity index (χ3v) is 4.86. The Morgan fingerprint density at radius 1 is 1.29 bits per heavy atom. The Morgan fingerprint density at radius 3 is 2.82 bits per heavy atom. The average molecular weight is 400 g/mol. The standard InChI is InChI=1S/C21H18ClNO5/c1-12-21(13-2-4-15(22)5-3-13)23-19(28-12)11-26-16-6-7-17-14(8-20(24)25)10-27-18(17)9-16/h2-7,9,14H,8,10-11H2,1H3,(H,24,25). The zero-order valence-electron chi connectivity index (χ0n) is 15.1. The SMILES string of the molecule is Cc1oc(COc2ccc3c(c2)OCC3CC(=O)O)nc1-c1ccc(Cl)cc1. The summed E-state index contributed by atoms with van der Waals surface area (Å²) >= 11 is 5.93. The van der Waals surface area contributed by atoms with E-state index < -0.39 is 5.97 Å². The Balaban J connectivity index is 1.45. The number of aromatic nitrogens is 1. The molecule has 0 radical (unpaired) electrons. The molecular weight excluding hydrogens is 382 g/mol. The molecule has 0 amide bonds. The summed E-state index contributed by atoms with van der Waals surface area (Å²) < 4.78 is 17.1. The minimum atomic E-state index is -0.836. The molecule has 2 aromatic carbocycles. The van der Waals surface area contributed by atoms with E-state index in [9.17, 15) is 4.79 Å². The average Bonchev–Trinajstić information content (AvgIpc) is 3.23. The summed E-state index contributed by atoms with van der Waals surface area (Å²) in [6, 6.07) is 12.8. The number of benzene rings is 2. The molecule has 0 fully saturated rings. The molecule has 1 unspecified atom stereocenters. The lowest BCUT2D eigenvalue weighted by Gasteiger charge is -2.07. The monoisotopic (exact) mass is 399 g/mol. The fraction of sp³-hybridized carbons (Fsp3) is 0.238. The van der Waals surface area contributed by atoms with Crippen LogP contribution in [0.3, 0.4) is 0 Å². The van der Waals surface area contributed by atoms with Crippen molar-refractivity contribution in [2.24, 2.45) is 0 Å². The summed E-state index contributed by atoms with van der Waals surface area (Å²) in [6.45, 7) is 2.40. The third-order valence-electron chi connectivity index (χ3n) is 4.61. The van der Waals surface area contributed by atoms with Crippen molar-refractivity contribution >= 4 is 17.6 Å². The van der Waals surface area contributed by atoms with Crippen LogP contribution in [0, 0.1) is 6.92 Å². The molecule has 0 bridgehead atoms. The quantitative estimate of drug-likeness (QED) is 0.639. The maximum atomic E-state index is 10.9. The van der Waals surface area contributed by atoms with E-state index in [1.54, 1.807) is 12.1 Å². The van der Waals surface area contributed by atoms with Gasteiger partial charge in [-0.2, -0.15) is 0 Å². The molecular formula is C21H18ClNO5. The molecule has 7 heteroatoms. The maximum Gasteiger partial charge on any atom is 0.304 e. The Labute approximate surface area is 166 Å². The van der Waals surface area contributed by atoms with Crippen LogP contribution in [0.5, 0.6) is 11.5 Å². The van der Waals surface area contributed by atoms with Gasteiger partial charge in [-0.25, -0.2) is 4.98 Å². The fourth-order valence-corrected chi connectivity index (χ4v) is 3.39. The van der Waals surface area contributed by atoms with E-state index in [4.69, 9.17) is 30.6 Å². The molecule has 144 valence electrons. The second-order valence-corrected chi connectivity index (χ2v) is 7.05. The lowest BCUT2D eigenvalue weighted by atomic mass is 9.98. The summed E-state index contributed by atoms with van der Waals surface area (Å²) in [7, 11) is 0.